The molecule has 0 nitrogen and oxygen atoms in total. The number of alkyl halides is 1. The monoisotopic (exact) mass is 176 g/mol. The van der Waals surface area contributed by atoms with Gasteiger partial charge in [-0.2, -0.15) is 0 Å². The molecule has 0 heterocycles. The van der Waals surface area contributed by atoms with Gasteiger partial charge in [-0.3, -0.25) is 0 Å². The summed E-state index contributed by atoms with van der Waals surface area (Å²) in [6.45, 7) is 0. The Labute approximate surface area is 71.2 Å². The number of rotatable bonds is 0. The standard InChI is InChI=1S/C8H10Cl2/c9-7-4-5-1-2-6(3-5)8(7)10/h4-6,8H,1-3H2/t5-,6+,8?/m0/s1. The molecule has 0 aliphatic heterocycles. The zero-order valence-corrected chi connectivity index (χ0v) is 7.20. The van der Waals surface area contributed by atoms with Crippen LogP contribution in [-0.4, -0.2) is 5.38 Å². The van der Waals surface area contributed by atoms with Gasteiger partial charge in [-0.05, 0) is 31.1 Å². The molecular formula is C8H10Cl2. The second-order valence-corrected chi connectivity index (χ2v) is 4.19. The van der Waals surface area contributed by atoms with Crippen molar-refractivity contribution in [3.05, 3.63) is 11.1 Å². The highest BCUT2D eigenvalue weighted by atomic mass is 35.5. The maximum Gasteiger partial charge on any atom is 0.0717 e. The normalized spacial score (nSPS) is 45.4. The fourth-order valence-electron chi connectivity index (χ4n) is 2.01. The van der Waals surface area contributed by atoms with Crippen molar-refractivity contribution in [1.29, 1.82) is 0 Å². The van der Waals surface area contributed by atoms with Gasteiger partial charge in [-0.15, -0.1) is 11.6 Å². The van der Waals surface area contributed by atoms with Crippen molar-refractivity contribution in [3.8, 4) is 0 Å². The molecule has 0 amide bonds. The molecule has 0 radical (unpaired) electrons. The average Bonchev–Trinajstić information content (AvgIpc) is 2.29. The zero-order chi connectivity index (χ0) is 7.14. The maximum absolute atomic E-state index is 6.06. The van der Waals surface area contributed by atoms with Crippen LogP contribution in [0.25, 0.3) is 0 Å². The minimum atomic E-state index is 0.125. The number of halogens is 2. The van der Waals surface area contributed by atoms with Gasteiger partial charge in [0.1, 0.15) is 0 Å². The summed E-state index contributed by atoms with van der Waals surface area (Å²) in [5.74, 6) is 1.41. The summed E-state index contributed by atoms with van der Waals surface area (Å²) in [5.41, 5.74) is 0. The minimum Gasteiger partial charge on any atom is -0.117 e. The summed E-state index contributed by atoms with van der Waals surface area (Å²) in [6.07, 6.45) is 5.97. The second kappa shape index (κ2) is 2.42. The molecule has 0 spiro atoms. The first-order valence-electron chi connectivity index (χ1n) is 3.78. The van der Waals surface area contributed by atoms with E-state index in [1.807, 2.05) is 0 Å². The van der Waals surface area contributed by atoms with Gasteiger partial charge in [-0.1, -0.05) is 17.7 Å². The van der Waals surface area contributed by atoms with E-state index in [0.29, 0.717) is 5.92 Å². The van der Waals surface area contributed by atoms with Gasteiger partial charge in [0.25, 0.3) is 0 Å². The van der Waals surface area contributed by atoms with Gasteiger partial charge in [0.15, 0.2) is 0 Å². The highest BCUT2D eigenvalue weighted by molar-refractivity contribution is 6.37. The topological polar surface area (TPSA) is 0 Å². The summed E-state index contributed by atoms with van der Waals surface area (Å²) in [7, 11) is 0. The molecule has 1 unspecified atom stereocenters. The fraction of sp³-hybridized carbons (Fsp3) is 0.750. The zero-order valence-electron chi connectivity index (χ0n) is 5.69. The van der Waals surface area contributed by atoms with E-state index in [0.717, 1.165) is 11.0 Å². The van der Waals surface area contributed by atoms with E-state index in [1.54, 1.807) is 0 Å². The van der Waals surface area contributed by atoms with Crippen LogP contribution in [0.4, 0.5) is 0 Å². The van der Waals surface area contributed by atoms with Crippen LogP contribution in [0, 0.1) is 11.8 Å². The minimum absolute atomic E-state index is 0.125. The first-order valence-corrected chi connectivity index (χ1v) is 4.60. The van der Waals surface area contributed by atoms with Gasteiger partial charge in [0.05, 0.1) is 5.38 Å². The first kappa shape index (κ1) is 7.00. The summed E-state index contributed by atoms with van der Waals surface area (Å²) < 4.78 is 0. The Morgan fingerprint density at radius 3 is 3.00 bits per heavy atom. The van der Waals surface area contributed by atoms with Crippen LogP contribution >= 0.6 is 23.2 Å². The summed E-state index contributed by atoms with van der Waals surface area (Å²) in [4.78, 5) is 0. The SMILES string of the molecule is ClC1=C[C@H]2CC[C@H](C2)C1Cl. The van der Waals surface area contributed by atoms with E-state index >= 15 is 0 Å². The van der Waals surface area contributed by atoms with Crippen molar-refractivity contribution in [1.82, 2.24) is 0 Å². The third kappa shape index (κ3) is 0.981. The van der Waals surface area contributed by atoms with Crippen molar-refractivity contribution in [2.75, 3.05) is 0 Å². The van der Waals surface area contributed by atoms with E-state index < -0.39 is 0 Å². The average molecular weight is 177 g/mol. The number of hydrogen-bond acceptors (Lipinski definition) is 0. The molecule has 2 rings (SSSR count). The third-order valence-corrected chi connectivity index (χ3v) is 3.65. The molecule has 1 fully saturated rings. The lowest BCUT2D eigenvalue weighted by molar-refractivity contribution is 0.520. The van der Waals surface area contributed by atoms with Crippen molar-refractivity contribution in [3.63, 3.8) is 0 Å². The summed E-state index contributed by atoms with van der Waals surface area (Å²) in [5, 5.41) is 1.01. The molecule has 2 aliphatic carbocycles. The molecule has 0 aromatic rings. The Bertz CT molecular complexity index is 174. The largest absolute Gasteiger partial charge is 0.117 e. The van der Waals surface area contributed by atoms with Gasteiger partial charge in [0, 0.05) is 5.03 Å². The lowest BCUT2D eigenvalue weighted by atomic mass is 9.95. The Balaban J connectivity index is 2.25. The predicted octanol–water partition coefficient (Wildman–Crippen LogP) is 3.15. The molecule has 0 aromatic carbocycles. The lowest BCUT2D eigenvalue weighted by Gasteiger charge is -2.20. The van der Waals surface area contributed by atoms with E-state index in [4.69, 9.17) is 23.2 Å². The van der Waals surface area contributed by atoms with Crippen molar-refractivity contribution >= 4 is 23.2 Å². The quantitative estimate of drug-likeness (QED) is 0.498. The smallest absolute Gasteiger partial charge is 0.0717 e. The molecule has 56 valence electrons. The van der Waals surface area contributed by atoms with Gasteiger partial charge in [0.2, 0.25) is 0 Å². The molecule has 10 heavy (non-hydrogen) atoms. The summed E-state index contributed by atoms with van der Waals surface area (Å²) in [6, 6.07) is 0. The fourth-order valence-corrected chi connectivity index (χ4v) is 2.67. The Morgan fingerprint density at radius 1 is 1.40 bits per heavy atom. The highest BCUT2D eigenvalue weighted by Gasteiger charge is 2.34. The van der Waals surface area contributed by atoms with Crippen molar-refractivity contribution in [2.45, 2.75) is 24.6 Å². The lowest BCUT2D eigenvalue weighted by Crippen LogP contribution is -2.15. The van der Waals surface area contributed by atoms with Crippen LogP contribution in [-0.2, 0) is 0 Å². The van der Waals surface area contributed by atoms with Gasteiger partial charge >= 0.3 is 0 Å². The number of fused-ring (bicyclic) bond motifs is 2. The molecule has 0 aromatic heterocycles. The van der Waals surface area contributed by atoms with Crippen LogP contribution in [0.15, 0.2) is 11.1 Å². The van der Waals surface area contributed by atoms with Gasteiger partial charge < -0.3 is 0 Å². The third-order valence-electron chi connectivity index (χ3n) is 2.59. The van der Waals surface area contributed by atoms with Crippen molar-refractivity contribution in [2.24, 2.45) is 11.8 Å². The molecule has 0 N–H and O–H groups in total. The van der Waals surface area contributed by atoms with E-state index in [1.165, 1.54) is 19.3 Å². The molecule has 2 aliphatic rings. The molecular weight excluding hydrogens is 167 g/mol. The molecule has 2 heteroatoms. The van der Waals surface area contributed by atoms with Crippen molar-refractivity contribution < 1.29 is 0 Å². The Hall–Kier alpha value is 0.320. The number of hydrogen-bond donors (Lipinski definition) is 0. The first-order chi connectivity index (χ1) is 4.77. The second-order valence-electron chi connectivity index (χ2n) is 3.29. The van der Waals surface area contributed by atoms with Crippen LogP contribution < -0.4 is 0 Å². The Morgan fingerprint density at radius 2 is 2.20 bits per heavy atom. The van der Waals surface area contributed by atoms with E-state index in [2.05, 4.69) is 6.08 Å². The van der Waals surface area contributed by atoms with Gasteiger partial charge in [-0.25, -0.2) is 0 Å². The van der Waals surface area contributed by atoms with Crippen LogP contribution in [0.2, 0.25) is 0 Å². The van der Waals surface area contributed by atoms with E-state index in [-0.39, 0.29) is 5.38 Å². The summed E-state index contributed by atoms with van der Waals surface area (Å²) >= 11 is 12.0. The molecule has 0 saturated heterocycles. The van der Waals surface area contributed by atoms with Crippen LogP contribution in [0.1, 0.15) is 19.3 Å². The molecule has 2 bridgehead atoms. The van der Waals surface area contributed by atoms with E-state index in [9.17, 15) is 0 Å². The van der Waals surface area contributed by atoms with Crippen LogP contribution in [0.5, 0.6) is 0 Å². The predicted molar refractivity (Wildman–Crippen MR) is 44.4 cm³/mol. The maximum atomic E-state index is 6.06. The molecule has 1 saturated carbocycles. The highest BCUT2D eigenvalue weighted by Crippen LogP contribution is 2.44. The van der Waals surface area contributed by atoms with Crippen LogP contribution in [0.3, 0.4) is 0 Å². The molecule has 3 atom stereocenters. The number of allylic oxidation sites excluding steroid dienone is 2. The Kier molecular flexibility index (Phi) is 1.69.